The summed E-state index contributed by atoms with van der Waals surface area (Å²) < 4.78 is 8.26. The zero-order valence-electron chi connectivity index (χ0n) is 16.6. The first-order valence-corrected chi connectivity index (χ1v) is 10.2. The molecule has 0 saturated heterocycles. The summed E-state index contributed by atoms with van der Waals surface area (Å²) in [5, 5.41) is 8.68. The van der Waals surface area contributed by atoms with Crippen LogP contribution in [0.5, 0.6) is 5.75 Å². The molecule has 30 heavy (non-hydrogen) atoms. The molecule has 1 amide bonds. The monoisotopic (exact) mass is 396 g/mol. The van der Waals surface area contributed by atoms with Crippen LogP contribution >= 0.6 is 0 Å². The maximum atomic E-state index is 13.3. The molecule has 1 N–H and O–H groups in total. The zero-order chi connectivity index (χ0) is 20.3. The van der Waals surface area contributed by atoms with Crippen molar-refractivity contribution >= 4 is 22.5 Å². The number of ether oxygens (including phenoxy) is 1. The van der Waals surface area contributed by atoms with Gasteiger partial charge in [0.1, 0.15) is 11.4 Å². The first-order chi connectivity index (χ1) is 14.6. The van der Waals surface area contributed by atoms with E-state index in [0.29, 0.717) is 11.4 Å². The lowest BCUT2D eigenvalue weighted by Crippen LogP contribution is -2.43. The van der Waals surface area contributed by atoms with Crippen LogP contribution in [0.4, 0.5) is 5.69 Å². The molecule has 2 aliphatic rings. The Kier molecular flexibility index (Phi) is 3.53. The van der Waals surface area contributed by atoms with Crippen LogP contribution in [0.15, 0.2) is 60.8 Å². The molecule has 4 aromatic rings. The molecule has 0 bridgehead atoms. The van der Waals surface area contributed by atoms with Gasteiger partial charge in [-0.1, -0.05) is 24.3 Å². The van der Waals surface area contributed by atoms with Crippen LogP contribution in [-0.4, -0.2) is 20.7 Å². The largest absolute Gasteiger partial charge is 0.482 e. The van der Waals surface area contributed by atoms with Crippen molar-refractivity contribution < 1.29 is 9.53 Å². The number of fused-ring (bicyclic) bond motifs is 5. The van der Waals surface area contributed by atoms with Gasteiger partial charge in [0.05, 0.1) is 16.8 Å². The van der Waals surface area contributed by atoms with Gasteiger partial charge in [-0.05, 0) is 49.6 Å². The molecule has 1 aliphatic carbocycles. The van der Waals surface area contributed by atoms with Gasteiger partial charge in [0.15, 0.2) is 5.69 Å². The maximum absolute atomic E-state index is 13.3. The highest BCUT2D eigenvalue weighted by Gasteiger charge is 2.50. The lowest BCUT2D eigenvalue weighted by Gasteiger charge is -2.45. The number of carbonyl (C=O) groups excluding carboxylic acids is 1. The van der Waals surface area contributed by atoms with Crippen molar-refractivity contribution in [1.29, 1.82) is 0 Å². The highest BCUT2D eigenvalue weighted by atomic mass is 16.5. The molecule has 2 aromatic carbocycles. The maximum Gasteiger partial charge on any atom is 0.276 e. The molecule has 1 aliphatic heterocycles. The number of benzene rings is 2. The standard InChI is InChI=1S/C24H20N4O2/c1-28-22-17-7-2-3-8-19(17)30-24(11-5-12-24)20(22)21(27-28)23(29)26-16-10-9-15-6-4-13-25-18(15)14-16/h2-4,6-10,13-14H,5,11-12H2,1H3,(H,26,29). The van der Waals surface area contributed by atoms with E-state index >= 15 is 0 Å². The number of anilines is 1. The number of nitrogens with zero attached hydrogens (tertiary/aromatic N) is 3. The number of amides is 1. The molecule has 0 radical (unpaired) electrons. The van der Waals surface area contributed by atoms with E-state index in [1.165, 1.54) is 0 Å². The van der Waals surface area contributed by atoms with Crippen molar-refractivity contribution in [3.63, 3.8) is 0 Å². The normalized spacial score (nSPS) is 15.8. The van der Waals surface area contributed by atoms with Crippen LogP contribution in [0.1, 0.15) is 35.3 Å². The summed E-state index contributed by atoms with van der Waals surface area (Å²) in [6.45, 7) is 0. The summed E-state index contributed by atoms with van der Waals surface area (Å²) in [5.41, 5.74) is 4.37. The van der Waals surface area contributed by atoms with Crippen molar-refractivity contribution in [2.75, 3.05) is 5.32 Å². The molecule has 1 saturated carbocycles. The third-order valence-electron chi connectivity index (χ3n) is 6.19. The molecule has 6 heteroatoms. The fourth-order valence-electron chi connectivity index (χ4n) is 4.62. The van der Waals surface area contributed by atoms with E-state index in [-0.39, 0.29) is 5.91 Å². The Morgan fingerprint density at radius 1 is 1.13 bits per heavy atom. The van der Waals surface area contributed by atoms with E-state index < -0.39 is 5.60 Å². The van der Waals surface area contributed by atoms with Gasteiger partial charge in [-0.2, -0.15) is 5.10 Å². The predicted octanol–water partition coefficient (Wildman–Crippen LogP) is 4.66. The molecular formula is C24H20N4O2. The van der Waals surface area contributed by atoms with Crippen LogP contribution < -0.4 is 10.1 Å². The SMILES string of the molecule is Cn1nc(C(=O)Nc2ccc3cccnc3c2)c2c1-c1ccccc1OC21CCC1. The van der Waals surface area contributed by atoms with Gasteiger partial charge in [0, 0.05) is 29.9 Å². The predicted molar refractivity (Wildman–Crippen MR) is 114 cm³/mol. The third kappa shape index (κ3) is 2.40. The number of nitrogens with one attached hydrogen (secondary N) is 1. The fraction of sp³-hybridized carbons (Fsp3) is 0.208. The van der Waals surface area contributed by atoms with Crippen molar-refractivity contribution in [3.8, 4) is 17.0 Å². The lowest BCUT2D eigenvalue weighted by molar-refractivity contribution is -0.0150. The molecule has 148 valence electrons. The second kappa shape index (κ2) is 6.16. The summed E-state index contributed by atoms with van der Waals surface area (Å²) in [5.74, 6) is 0.636. The van der Waals surface area contributed by atoms with Gasteiger partial charge >= 0.3 is 0 Å². The minimum atomic E-state index is -0.463. The first kappa shape index (κ1) is 17.2. The minimum Gasteiger partial charge on any atom is -0.482 e. The summed E-state index contributed by atoms with van der Waals surface area (Å²) in [6, 6.07) is 17.6. The van der Waals surface area contributed by atoms with Gasteiger partial charge in [-0.25, -0.2) is 0 Å². The molecule has 1 fully saturated rings. The van der Waals surface area contributed by atoms with E-state index in [2.05, 4.69) is 15.4 Å². The molecule has 1 spiro atoms. The molecule has 0 atom stereocenters. The first-order valence-electron chi connectivity index (χ1n) is 10.2. The number of pyridine rings is 1. The Morgan fingerprint density at radius 3 is 2.83 bits per heavy atom. The van der Waals surface area contributed by atoms with Crippen LogP contribution in [0, 0.1) is 0 Å². The average Bonchev–Trinajstić information content (AvgIpc) is 3.10. The minimum absolute atomic E-state index is 0.226. The van der Waals surface area contributed by atoms with Crippen molar-refractivity contribution in [3.05, 3.63) is 72.1 Å². The van der Waals surface area contributed by atoms with Crippen molar-refractivity contribution in [2.24, 2.45) is 7.05 Å². The Balaban J connectivity index is 1.44. The van der Waals surface area contributed by atoms with Crippen LogP contribution in [0.2, 0.25) is 0 Å². The van der Waals surface area contributed by atoms with E-state index in [4.69, 9.17) is 4.74 Å². The zero-order valence-corrected chi connectivity index (χ0v) is 16.6. The smallest absolute Gasteiger partial charge is 0.276 e. The summed E-state index contributed by atoms with van der Waals surface area (Å²) >= 11 is 0. The topological polar surface area (TPSA) is 69.0 Å². The molecule has 3 heterocycles. The molecule has 2 aromatic heterocycles. The van der Waals surface area contributed by atoms with Crippen LogP contribution in [-0.2, 0) is 12.6 Å². The number of rotatable bonds is 2. The number of hydrogen-bond acceptors (Lipinski definition) is 4. The highest BCUT2D eigenvalue weighted by Crippen LogP contribution is 2.54. The number of carbonyl (C=O) groups is 1. The van der Waals surface area contributed by atoms with Gasteiger partial charge in [0.25, 0.3) is 5.91 Å². The number of hydrogen-bond donors (Lipinski definition) is 1. The molecule has 0 unspecified atom stereocenters. The Hall–Kier alpha value is -3.67. The van der Waals surface area contributed by atoms with Crippen LogP contribution in [0.3, 0.4) is 0 Å². The highest BCUT2D eigenvalue weighted by molar-refractivity contribution is 6.06. The van der Waals surface area contributed by atoms with Gasteiger partial charge < -0.3 is 10.1 Å². The summed E-state index contributed by atoms with van der Waals surface area (Å²) in [6.07, 6.45) is 4.60. The third-order valence-corrected chi connectivity index (χ3v) is 6.19. The van der Waals surface area contributed by atoms with Gasteiger partial charge in [0.2, 0.25) is 0 Å². The van der Waals surface area contributed by atoms with Gasteiger partial charge in [-0.3, -0.25) is 14.5 Å². The number of para-hydroxylation sites is 1. The van der Waals surface area contributed by atoms with Crippen molar-refractivity contribution in [1.82, 2.24) is 14.8 Å². The fourth-order valence-corrected chi connectivity index (χ4v) is 4.62. The number of aryl methyl sites for hydroxylation is 1. The average molecular weight is 396 g/mol. The van der Waals surface area contributed by atoms with Gasteiger partial charge in [-0.15, -0.1) is 0 Å². The Morgan fingerprint density at radius 2 is 2.00 bits per heavy atom. The molecular weight excluding hydrogens is 376 g/mol. The van der Waals surface area contributed by atoms with Crippen molar-refractivity contribution in [2.45, 2.75) is 24.9 Å². The second-order valence-corrected chi connectivity index (χ2v) is 8.01. The Labute approximate surface area is 173 Å². The van der Waals surface area contributed by atoms with E-state index in [0.717, 1.165) is 52.7 Å². The molecule has 6 rings (SSSR count). The second-order valence-electron chi connectivity index (χ2n) is 8.01. The number of aromatic nitrogens is 3. The van der Waals surface area contributed by atoms with E-state index in [1.54, 1.807) is 6.20 Å². The quantitative estimate of drug-likeness (QED) is 0.535. The summed E-state index contributed by atoms with van der Waals surface area (Å²) in [4.78, 5) is 17.7. The summed E-state index contributed by atoms with van der Waals surface area (Å²) in [7, 11) is 1.89. The van der Waals surface area contributed by atoms with E-state index in [1.807, 2.05) is 66.3 Å². The lowest BCUT2D eigenvalue weighted by atomic mass is 9.71. The Bertz CT molecular complexity index is 1320. The van der Waals surface area contributed by atoms with E-state index in [9.17, 15) is 4.79 Å². The molecule has 6 nitrogen and oxygen atoms in total. The van der Waals surface area contributed by atoms with Crippen LogP contribution in [0.25, 0.3) is 22.2 Å².